The third-order valence-corrected chi connectivity index (χ3v) is 11.1. The first kappa shape index (κ1) is 38.7. The largest absolute Gasteiger partial charge is 0.255 e. The summed E-state index contributed by atoms with van der Waals surface area (Å²) in [5.74, 6) is 0. The molecule has 0 radical (unpaired) electrons. The van der Waals surface area contributed by atoms with Gasteiger partial charge < -0.3 is 0 Å². The van der Waals surface area contributed by atoms with E-state index in [1.165, 1.54) is 0 Å². The highest BCUT2D eigenvalue weighted by Gasteiger charge is 2.21. The maximum atomic E-state index is 4.87. The van der Waals surface area contributed by atoms with Gasteiger partial charge in [-0.2, -0.15) is 0 Å². The maximum absolute atomic E-state index is 4.87. The van der Waals surface area contributed by atoms with Crippen LogP contribution in [0.5, 0.6) is 0 Å². The Labute approximate surface area is 362 Å². The fourth-order valence-corrected chi connectivity index (χ4v) is 7.77. The van der Waals surface area contributed by atoms with Gasteiger partial charge in [0.2, 0.25) is 0 Å². The Balaban J connectivity index is 0.987. The van der Waals surface area contributed by atoms with Crippen molar-refractivity contribution in [3.63, 3.8) is 0 Å². The van der Waals surface area contributed by atoms with Crippen LogP contribution in [0.3, 0.4) is 0 Å². The normalized spacial score (nSPS) is 11.3. The molecule has 15 nitrogen and oxygen atoms in total. The molecule has 0 saturated heterocycles. The average molecular weight is 826 g/mol. The molecule has 9 aromatic heterocycles. The molecule has 0 saturated carbocycles. The van der Waals surface area contributed by atoms with Crippen LogP contribution in [0.25, 0.3) is 68.3 Å². The zero-order chi connectivity index (χ0) is 42.7. The number of nitrogens with zero attached hydrogens (tertiary/aromatic N) is 15. The Morgan fingerprint density at radius 2 is 0.587 bits per heavy atom. The van der Waals surface area contributed by atoms with Gasteiger partial charge in [-0.1, -0.05) is 52.0 Å². The SMILES string of the molecule is Cc1c(Cn2cc(-c3cccc(-c4ccccn4)n3)nn2)c(C)c(Cn2cc(-c3cccc(-c4ccccn4)n3)nn2)c(C)c1Cn1cc(-c2cccc(-c3ccccn3)n2)nn1. The minimum atomic E-state index is 0.477. The van der Waals surface area contributed by atoms with E-state index in [-0.39, 0.29) is 0 Å². The first-order chi connectivity index (χ1) is 30.9. The van der Waals surface area contributed by atoms with Gasteiger partial charge in [-0.05, 0) is 127 Å². The molecule has 306 valence electrons. The number of pyridine rings is 6. The maximum Gasteiger partial charge on any atom is 0.131 e. The van der Waals surface area contributed by atoms with E-state index in [0.29, 0.717) is 53.8 Å². The van der Waals surface area contributed by atoms with Crippen LogP contribution in [-0.4, -0.2) is 74.9 Å². The molecule has 0 bridgehead atoms. The first-order valence-corrected chi connectivity index (χ1v) is 20.4. The summed E-state index contributed by atoms with van der Waals surface area (Å²) >= 11 is 0. The summed E-state index contributed by atoms with van der Waals surface area (Å²) in [4.78, 5) is 28.0. The van der Waals surface area contributed by atoms with Crippen molar-refractivity contribution in [1.29, 1.82) is 0 Å². The molecule has 1 aromatic carbocycles. The minimum Gasteiger partial charge on any atom is -0.255 e. The van der Waals surface area contributed by atoms with E-state index in [4.69, 9.17) is 15.0 Å². The lowest BCUT2D eigenvalue weighted by molar-refractivity contribution is 0.618. The molecule has 63 heavy (non-hydrogen) atoms. The number of hydrogen-bond donors (Lipinski definition) is 0. The number of aromatic nitrogens is 15. The average Bonchev–Trinajstić information content (AvgIpc) is 4.14. The molecular formula is C48H39N15. The second-order valence-corrected chi connectivity index (χ2v) is 15.1. The van der Waals surface area contributed by atoms with Crippen LogP contribution in [0.4, 0.5) is 0 Å². The lowest BCUT2D eigenvalue weighted by Crippen LogP contribution is -2.15. The van der Waals surface area contributed by atoms with Gasteiger partial charge in [0.1, 0.15) is 17.1 Å². The van der Waals surface area contributed by atoms with E-state index in [1.54, 1.807) is 18.6 Å². The van der Waals surface area contributed by atoms with Crippen molar-refractivity contribution < 1.29 is 0 Å². The van der Waals surface area contributed by atoms with Gasteiger partial charge in [0.15, 0.2) is 0 Å². The quantitative estimate of drug-likeness (QED) is 0.117. The molecule has 0 aliphatic heterocycles. The lowest BCUT2D eigenvalue weighted by Gasteiger charge is -2.22. The summed E-state index contributed by atoms with van der Waals surface area (Å²) < 4.78 is 5.60. The van der Waals surface area contributed by atoms with Gasteiger partial charge in [-0.15, -0.1) is 15.3 Å². The van der Waals surface area contributed by atoms with Gasteiger partial charge in [0, 0.05) is 18.6 Å². The van der Waals surface area contributed by atoms with Crippen LogP contribution in [0.15, 0.2) is 146 Å². The summed E-state index contributed by atoms with van der Waals surface area (Å²) in [6.07, 6.45) is 11.1. The van der Waals surface area contributed by atoms with Crippen molar-refractivity contribution >= 4 is 0 Å². The Morgan fingerprint density at radius 3 is 0.857 bits per heavy atom. The molecule has 10 aromatic rings. The Bertz CT molecular complexity index is 2830. The standard InChI is InChI=1S/C48H39N15/c1-31-34(25-61-28-46(55-58-61)43-19-10-16-40(52-43)37-13-4-7-22-49-37)32(2)36(27-63-30-48(57-60-63)45-21-12-18-42(54-45)39-15-6-9-24-51-39)33(3)35(31)26-62-29-47(56-59-62)44-20-11-17-41(53-44)38-14-5-8-23-50-38/h4-24,28-30H,25-27H2,1-3H3. The molecule has 0 fully saturated rings. The highest BCUT2D eigenvalue weighted by Crippen LogP contribution is 2.31. The molecule has 0 unspecified atom stereocenters. The van der Waals surface area contributed by atoms with E-state index in [0.717, 1.165) is 67.5 Å². The second kappa shape index (κ2) is 16.9. The fourth-order valence-electron chi connectivity index (χ4n) is 7.77. The fraction of sp³-hybridized carbons (Fsp3) is 0.125. The van der Waals surface area contributed by atoms with Crippen molar-refractivity contribution in [3.8, 4) is 68.3 Å². The Hall–Kier alpha value is -8.46. The van der Waals surface area contributed by atoms with Crippen LogP contribution >= 0.6 is 0 Å². The van der Waals surface area contributed by atoms with Crippen molar-refractivity contribution in [1.82, 2.24) is 74.9 Å². The Morgan fingerprint density at radius 1 is 0.317 bits per heavy atom. The smallest absolute Gasteiger partial charge is 0.131 e. The monoisotopic (exact) mass is 825 g/mol. The molecule has 0 atom stereocenters. The summed E-state index contributed by atoms with van der Waals surface area (Å²) in [5, 5.41) is 27.4. The van der Waals surface area contributed by atoms with E-state index in [9.17, 15) is 0 Å². The van der Waals surface area contributed by atoms with Crippen molar-refractivity contribution in [2.75, 3.05) is 0 Å². The number of rotatable bonds is 12. The van der Waals surface area contributed by atoms with E-state index < -0.39 is 0 Å². The molecule has 0 N–H and O–H groups in total. The van der Waals surface area contributed by atoms with Gasteiger partial charge in [-0.3, -0.25) is 15.0 Å². The zero-order valence-electron chi connectivity index (χ0n) is 34.7. The molecule has 10 rings (SSSR count). The van der Waals surface area contributed by atoms with Gasteiger partial charge in [0.05, 0.1) is 89.5 Å². The van der Waals surface area contributed by atoms with Crippen molar-refractivity contribution in [3.05, 3.63) is 180 Å². The molecule has 0 amide bonds. The minimum absolute atomic E-state index is 0.477. The van der Waals surface area contributed by atoms with Crippen molar-refractivity contribution in [2.24, 2.45) is 0 Å². The predicted molar refractivity (Wildman–Crippen MR) is 237 cm³/mol. The van der Waals surface area contributed by atoms with E-state index in [2.05, 4.69) is 66.7 Å². The van der Waals surface area contributed by atoms with E-state index >= 15 is 0 Å². The molecule has 0 aliphatic carbocycles. The molecule has 9 heterocycles. The second-order valence-electron chi connectivity index (χ2n) is 15.1. The zero-order valence-corrected chi connectivity index (χ0v) is 34.7. The number of hydrogen-bond acceptors (Lipinski definition) is 12. The highest BCUT2D eigenvalue weighted by atomic mass is 15.4. The van der Waals surface area contributed by atoms with Crippen LogP contribution in [0.2, 0.25) is 0 Å². The third kappa shape index (κ3) is 8.10. The highest BCUT2D eigenvalue weighted by molar-refractivity contribution is 5.63. The Kier molecular flexibility index (Phi) is 10.4. The lowest BCUT2D eigenvalue weighted by atomic mass is 9.88. The van der Waals surface area contributed by atoms with E-state index in [1.807, 2.05) is 142 Å². The summed E-state index contributed by atoms with van der Waals surface area (Å²) in [5.41, 5.74) is 15.6. The molecule has 0 spiro atoms. The van der Waals surface area contributed by atoms with Crippen LogP contribution < -0.4 is 0 Å². The molecule has 0 aliphatic rings. The summed E-state index contributed by atoms with van der Waals surface area (Å²) in [7, 11) is 0. The predicted octanol–water partition coefficient (Wildman–Crippen LogP) is 7.90. The van der Waals surface area contributed by atoms with Crippen LogP contribution in [0.1, 0.15) is 33.4 Å². The molecule has 15 heteroatoms. The van der Waals surface area contributed by atoms with Gasteiger partial charge in [-0.25, -0.2) is 29.0 Å². The van der Waals surface area contributed by atoms with Gasteiger partial charge in [0.25, 0.3) is 0 Å². The third-order valence-electron chi connectivity index (χ3n) is 11.1. The van der Waals surface area contributed by atoms with Crippen LogP contribution in [0, 0.1) is 20.8 Å². The summed E-state index contributed by atoms with van der Waals surface area (Å²) in [6, 6.07) is 34.9. The topological polar surface area (TPSA) is 169 Å². The van der Waals surface area contributed by atoms with Crippen molar-refractivity contribution in [2.45, 2.75) is 40.4 Å². The first-order valence-electron chi connectivity index (χ1n) is 20.4. The van der Waals surface area contributed by atoms with Crippen LogP contribution in [-0.2, 0) is 19.6 Å². The van der Waals surface area contributed by atoms with Gasteiger partial charge >= 0.3 is 0 Å². The molecular weight excluding hydrogens is 787 g/mol. The number of benzene rings is 1. The summed E-state index contributed by atoms with van der Waals surface area (Å²) in [6.45, 7) is 7.91.